The maximum Gasteiger partial charge on any atom is 0.330 e. The number of aryl methyl sites for hydroxylation is 2. The number of aliphatic imine (C=N–C) groups is 1. The molecule has 2 N–H and O–H groups in total. The maximum absolute atomic E-state index is 14.1. The van der Waals surface area contributed by atoms with Crippen LogP contribution in [0.25, 0.3) is 0 Å². The molecule has 0 aliphatic carbocycles. The van der Waals surface area contributed by atoms with Crippen molar-refractivity contribution in [2.45, 2.75) is 60.2 Å². The molecule has 4 amide bonds. The SMILES string of the molecule is CC1=NC(CC(C)C)C(=O)N(Cc2ccccc2)c2cc(C(=O)Nc3ccc(C)c(N4Cc5cnc(Nc6ccc(C)nc6)nc5N(C)C4=O)c3)ccc21. The van der Waals surface area contributed by atoms with Gasteiger partial charge in [-0.1, -0.05) is 56.3 Å². The zero-order chi connectivity index (χ0) is 38.1. The minimum atomic E-state index is -0.519. The molecule has 1 atom stereocenters. The van der Waals surface area contributed by atoms with Gasteiger partial charge in [-0.05, 0) is 80.6 Å². The van der Waals surface area contributed by atoms with E-state index < -0.39 is 6.04 Å². The van der Waals surface area contributed by atoms with Crippen molar-refractivity contribution in [3.8, 4) is 0 Å². The van der Waals surface area contributed by atoms with Gasteiger partial charge in [-0.25, -0.2) is 9.78 Å². The zero-order valence-electron chi connectivity index (χ0n) is 31.3. The number of pyridine rings is 1. The second kappa shape index (κ2) is 14.9. The predicted molar refractivity (Wildman–Crippen MR) is 213 cm³/mol. The minimum absolute atomic E-state index is 0.0921. The average molecular weight is 722 g/mol. The Morgan fingerprint density at radius 3 is 2.41 bits per heavy atom. The monoisotopic (exact) mass is 721 g/mol. The number of carbonyl (C=O) groups is 3. The van der Waals surface area contributed by atoms with Gasteiger partial charge in [0.05, 0.1) is 36.3 Å². The summed E-state index contributed by atoms with van der Waals surface area (Å²) in [6.07, 6.45) is 4.04. The fourth-order valence-corrected chi connectivity index (χ4v) is 6.80. The van der Waals surface area contributed by atoms with Gasteiger partial charge in [0.2, 0.25) is 5.95 Å². The van der Waals surface area contributed by atoms with Gasteiger partial charge in [-0.3, -0.25) is 29.4 Å². The number of hydrogen-bond acceptors (Lipinski definition) is 8. The van der Waals surface area contributed by atoms with Crippen LogP contribution in [0, 0.1) is 19.8 Å². The van der Waals surface area contributed by atoms with Crippen LogP contribution in [0.1, 0.15) is 65.5 Å². The van der Waals surface area contributed by atoms with Crippen LogP contribution in [0.3, 0.4) is 0 Å². The highest BCUT2D eigenvalue weighted by atomic mass is 16.2. The Hall–Kier alpha value is -6.43. The first-order valence-corrected chi connectivity index (χ1v) is 18.0. The number of benzene rings is 3. The van der Waals surface area contributed by atoms with Crippen LogP contribution in [0.4, 0.5) is 39.3 Å². The molecular formula is C42H43N9O3. The van der Waals surface area contributed by atoms with E-state index in [4.69, 9.17) is 4.99 Å². The fraction of sp³-hybridized carbons (Fsp3) is 0.262. The van der Waals surface area contributed by atoms with Crippen LogP contribution < -0.4 is 25.3 Å². The molecule has 274 valence electrons. The minimum Gasteiger partial charge on any atom is -0.323 e. The third-order valence-electron chi connectivity index (χ3n) is 9.65. The lowest BCUT2D eigenvalue weighted by atomic mass is 10.0. The third kappa shape index (κ3) is 7.40. The normalized spacial score (nSPS) is 15.4. The molecule has 0 bridgehead atoms. The standard InChI is InChI=1S/C42H43N9O3/c1-25(2)18-35-40(53)50(23-29-10-8-7-9-11-29)37-19-30(14-17-34(37)28(5)45-35)39(52)46-32-15-12-26(3)36(20-32)51-24-31-21-44-41(48-38(31)49(6)42(51)54)47-33-16-13-27(4)43-22-33/h7-17,19-22,25,35H,18,23-24H2,1-6H3,(H,46,52)(H,44,47,48). The highest BCUT2D eigenvalue weighted by Crippen LogP contribution is 2.35. The molecule has 0 saturated carbocycles. The average Bonchev–Trinajstić information content (AvgIpc) is 3.25. The number of fused-ring (bicyclic) bond motifs is 2. The number of amides is 4. The lowest BCUT2D eigenvalue weighted by molar-refractivity contribution is -0.120. The smallest absolute Gasteiger partial charge is 0.323 e. The van der Waals surface area contributed by atoms with Crippen molar-refractivity contribution in [2.24, 2.45) is 10.9 Å². The number of hydrogen-bond donors (Lipinski definition) is 2. The number of benzodiazepines with no additional fused rings is 1. The number of aromatic nitrogens is 3. The Kier molecular flexibility index (Phi) is 9.92. The zero-order valence-corrected chi connectivity index (χ0v) is 31.3. The van der Waals surface area contributed by atoms with Gasteiger partial charge in [-0.15, -0.1) is 0 Å². The van der Waals surface area contributed by atoms with Gasteiger partial charge >= 0.3 is 6.03 Å². The summed E-state index contributed by atoms with van der Waals surface area (Å²) in [5.74, 6) is 0.705. The molecule has 12 nitrogen and oxygen atoms in total. The van der Waals surface area contributed by atoms with Crippen molar-refractivity contribution in [1.82, 2.24) is 15.0 Å². The van der Waals surface area contributed by atoms with E-state index in [0.29, 0.717) is 47.4 Å². The second-order valence-electron chi connectivity index (χ2n) is 14.2. The molecule has 54 heavy (non-hydrogen) atoms. The van der Waals surface area contributed by atoms with Gasteiger partial charge in [0.1, 0.15) is 11.9 Å². The summed E-state index contributed by atoms with van der Waals surface area (Å²) in [6, 6.07) is 23.7. The first-order valence-electron chi connectivity index (χ1n) is 18.0. The molecule has 4 heterocycles. The molecule has 2 aromatic heterocycles. The highest BCUT2D eigenvalue weighted by molar-refractivity contribution is 6.14. The highest BCUT2D eigenvalue weighted by Gasteiger charge is 2.33. The summed E-state index contributed by atoms with van der Waals surface area (Å²) in [7, 11) is 1.68. The molecule has 0 fully saturated rings. The van der Waals surface area contributed by atoms with E-state index in [0.717, 1.165) is 39.3 Å². The van der Waals surface area contributed by atoms with E-state index in [9.17, 15) is 14.4 Å². The summed E-state index contributed by atoms with van der Waals surface area (Å²) >= 11 is 0. The van der Waals surface area contributed by atoms with Crippen molar-refractivity contribution in [3.63, 3.8) is 0 Å². The van der Waals surface area contributed by atoms with Crippen molar-refractivity contribution < 1.29 is 14.4 Å². The largest absolute Gasteiger partial charge is 0.330 e. The van der Waals surface area contributed by atoms with Crippen LogP contribution in [0.15, 0.2) is 96.2 Å². The predicted octanol–water partition coefficient (Wildman–Crippen LogP) is 7.83. The number of nitrogens with zero attached hydrogens (tertiary/aromatic N) is 7. The molecule has 5 aromatic rings. The summed E-state index contributed by atoms with van der Waals surface area (Å²) in [5.41, 5.74) is 8.01. The Morgan fingerprint density at radius 1 is 0.889 bits per heavy atom. The summed E-state index contributed by atoms with van der Waals surface area (Å²) < 4.78 is 0. The first-order chi connectivity index (χ1) is 25.9. The van der Waals surface area contributed by atoms with Crippen molar-refractivity contribution in [1.29, 1.82) is 0 Å². The van der Waals surface area contributed by atoms with E-state index in [2.05, 4.69) is 39.4 Å². The topological polar surface area (TPSA) is 136 Å². The number of urea groups is 1. The molecule has 12 heteroatoms. The summed E-state index contributed by atoms with van der Waals surface area (Å²) in [5, 5.41) is 6.18. The number of carbonyl (C=O) groups excluding carboxylic acids is 3. The summed E-state index contributed by atoms with van der Waals surface area (Å²) in [4.78, 5) is 65.0. The molecule has 2 aliphatic rings. The lowest BCUT2D eigenvalue weighted by Crippen LogP contribution is -2.46. The van der Waals surface area contributed by atoms with Crippen molar-refractivity contribution >= 4 is 58.1 Å². The van der Waals surface area contributed by atoms with E-state index in [-0.39, 0.29) is 30.3 Å². The second-order valence-corrected chi connectivity index (χ2v) is 14.2. The molecule has 0 spiro atoms. The Balaban J connectivity index is 1.14. The molecule has 1 unspecified atom stereocenters. The van der Waals surface area contributed by atoms with Gasteiger partial charge < -0.3 is 15.5 Å². The van der Waals surface area contributed by atoms with Crippen LogP contribution in [-0.2, 0) is 17.9 Å². The molecule has 2 aliphatic heterocycles. The Labute approximate surface area is 315 Å². The van der Waals surface area contributed by atoms with Crippen molar-refractivity contribution in [3.05, 3.63) is 125 Å². The summed E-state index contributed by atoms with van der Waals surface area (Å²) in [6.45, 7) is 10.5. The fourth-order valence-electron chi connectivity index (χ4n) is 6.80. The van der Waals surface area contributed by atoms with Crippen molar-refractivity contribution in [2.75, 3.05) is 32.4 Å². The van der Waals surface area contributed by atoms with Gasteiger partial charge in [-0.2, -0.15) is 4.98 Å². The number of anilines is 6. The third-order valence-corrected chi connectivity index (χ3v) is 9.65. The maximum atomic E-state index is 14.1. The molecule has 0 radical (unpaired) electrons. The molecular weight excluding hydrogens is 679 g/mol. The van der Waals surface area contributed by atoms with Gasteiger partial charge in [0.15, 0.2) is 0 Å². The lowest BCUT2D eigenvalue weighted by Gasteiger charge is -2.35. The first kappa shape index (κ1) is 36.0. The number of nitrogens with one attached hydrogen (secondary N) is 2. The van der Waals surface area contributed by atoms with E-state index >= 15 is 0 Å². The Morgan fingerprint density at radius 2 is 1.67 bits per heavy atom. The van der Waals surface area contributed by atoms with E-state index in [1.54, 1.807) is 47.4 Å². The van der Waals surface area contributed by atoms with E-state index in [1.165, 1.54) is 4.90 Å². The van der Waals surface area contributed by atoms with Crippen LogP contribution >= 0.6 is 0 Å². The van der Waals surface area contributed by atoms with Crippen LogP contribution in [0.2, 0.25) is 0 Å². The Bertz CT molecular complexity index is 2270. The molecule has 0 saturated heterocycles. The molecule has 7 rings (SSSR count). The van der Waals surface area contributed by atoms with Crippen LogP contribution in [-0.4, -0.2) is 51.6 Å². The van der Waals surface area contributed by atoms with Gasteiger partial charge in [0, 0.05) is 47.0 Å². The van der Waals surface area contributed by atoms with Crippen LogP contribution in [0.5, 0.6) is 0 Å². The molecule has 3 aromatic carbocycles. The van der Waals surface area contributed by atoms with E-state index in [1.807, 2.05) is 81.4 Å². The number of rotatable bonds is 9. The van der Waals surface area contributed by atoms with Gasteiger partial charge in [0.25, 0.3) is 11.8 Å². The quantitative estimate of drug-likeness (QED) is 0.158.